The molecule has 6 nitrogen and oxygen atoms in total. The lowest BCUT2D eigenvalue weighted by Gasteiger charge is -2.18. The van der Waals surface area contributed by atoms with Crippen molar-refractivity contribution < 1.29 is 9.59 Å². The number of halogens is 2. The van der Waals surface area contributed by atoms with Gasteiger partial charge in [-0.25, -0.2) is 0 Å². The molecule has 1 aromatic rings. The van der Waals surface area contributed by atoms with Crippen LogP contribution in [0.3, 0.4) is 0 Å². The van der Waals surface area contributed by atoms with E-state index in [4.69, 9.17) is 11.6 Å². The van der Waals surface area contributed by atoms with Gasteiger partial charge in [-0.1, -0.05) is 42.0 Å². The zero-order valence-electron chi connectivity index (χ0n) is 17.0. The summed E-state index contributed by atoms with van der Waals surface area (Å²) < 4.78 is 0. The van der Waals surface area contributed by atoms with Crippen molar-refractivity contribution in [1.29, 1.82) is 0 Å². The van der Waals surface area contributed by atoms with Crippen LogP contribution in [-0.4, -0.2) is 48.9 Å². The minimum Gasteiger partial charge on any atom is -0.357 e. The van der Waals surface area contributed by atoms with E-state index in [-0.39, 0.29) is 59.5 Å². The number of carbonyl (C=O) groups excluding carboxylic acids is 2. The zero-order chi connectivity index (χ0) is 20.4. The van der Waals surface area contributed by atoms with Gasteiger partial charge in [-0.05, 0) is 43.2 Å². The van der Waals surface area contributed by atoms with Crippen molar-refractivity contribution >= 4 is 53.4 Å². The van der Waals surface area contributed by atoms with Crippen molar-refractivity contribution in [2.75, 3.05) is 26.2 Å². The molecule has 2 amide bonds. The molecular weight excluding hydrogens is 515 g/mol. The highest BCUT2D eigenvalue weighted by atomic mass is 127. The molecule has 4 unspecified atom stereocenters. The van der Waals surface area contributed by atoms with E-state index in [1.165, 1.54) is 4.90 Å². The Labute approximate surface area is 199 Å². The van der Waals surface area contributed by atoms with Gasteiger partial charge in [0.2, 0.25) is 11.8 Å². The van der Waals surface area contributed by atoms with Crippen LogP contribution in [0.5, 0.6) is 0 Å². The molecule has 30 heavy (non-hydrogen) atoms. The van der Waals surface area contributed by atoms with Crippen LogP contribution in [-0.2, 0) is 16.0 Å². The Hall–Kier alpha value is -1.61. The standard InChI is InChI=1S/C22H27ClN4O2.HI/c1-2-24-22(25-10-9-14-5-3-4-6-17(14)23)26-11-12-27-20(28)18-15-7-8-16(13-15)19(18)21(27)29;/h3-8,15-16,18-19H,2,9-13H2,1H3,(H2,24,25,26);1H. The molecule has 3 aliphatic rings. The Morgan fingerprint density at radius 3 is 2.43 bits per heavy atom. The van der Waals surface area contributed by atoms with Gasteiger partial charge in [-0.3, -0.25) is 19.5 Å². The number of fused-ring (bicyclic) bond motifs is 5. The number of amides is 2. The summed E-state index contributed by atoms with van der Waals surface area (Å²) in [5, 5.41) is 7.19. The molecule has 4 rings (SSSR count). The van der Waals surface area contributed by atoms with Crippen molar-refractivity contribution in [2.24, 2.45) is 28.7 Å². The highest BCUT2D eigenvalue weighted by Crippen LogP contribution is 2.52. The van der Waals surface area contributed by atoms with E-state index in [1.54, 1.807) is 0 Å². The summed E-state index contributed by atoms with van der Waals surface area (Å²) in [4.78, 5) is 31.5. The van der Waals surface area contributed by atoms with E-state index in [0.717, 1.165) is 30.0 Å². The summed E-state index contributed by atoms with van der Waals surface area (Å²) in [7, 11) is 0. The van der Waals surface area contributed by atoms with Crippen molar-refractivity contribution in [3.8, 4) is 0 Å². The topological polar surface area (TPSA) is 73.8 Å². The SMILES string of the molecule is CCNC(=NCCc1ccccc1Cl)NCCN1C(=O)C2C3C=CC(C3)C2C1=O.I. The molecule has 1 saturated carbocycles. The average Bonchev–Trinajstić information content (AvgIpc) is 3.39. The summed E-state index contributed by atoms with van der Waals surface area (Å²) in [5.41, 5.74) is 1.07. The van der Waals surface area contributed by atoms with Crippen molar-refractivity contribution in [1.82, 2.24) is 15.5 Å². The van der Waals surface area contributed by atoms with E-state index in [0.29, 0.717) is 25.6 Å². The number of aliphatic imine (C=N–C) groups is 1. The minimum absolute atomic E-state index is 0. The smallest absolute Gasteiger partial charge is 0.233 e. The Balaban J connectivity index is 0.00000256. The molecule has 162 valence electrons. The van der Waals surface area contributed by atoms with Crippen LogP contribution in [0.4, 0.5) is 0 Å². The number of likely N-dealkylation sites (tertiary alicyclic amines) is 1. The summed E-state index contributed by atoms with van der Waals surface area (Å²) in [6, 6.07) is 7.76. The Kier molecular flexibility index (Phi) is 7.79. The summed E-state index contributed by atoms with van der Waals surface area (Å²) >= 11 is 6.20. The predicted octanol–water partition coefficient (Wildman–Crippen LogP) is 2.86. The van der Waals surface area contributed by atoms with Gasteiger partial charge in [0, 0.05) is 31.2 Å². The van der Waals surface area contributed by atoms with E-state index >= 15 is 0 Å². The van der Waals surface area contributed by atoms with Gasteiger partial charge >= 0.3 is 0 Å². The van der Waals surface area contributed by atoms with Gasteiger partial charge in [0.15, 0.2) is 5.96 Å². The first-order chi connectivity index (χ1) is 14.1. The lowest BCUT2D eigenvalue weighted by atomic mass is 9.85. The number of guanidine groups is 1. The average molecular weight is 543 g/mol. The lowest BCUT2D eigenvalue weighted by Crippen LogP contribution is -2.43. The molecule has 1 heterocycles. The molecule has 4 atom stereocenters. The quantitative estimate of drug-likeness (QED) is 0.183. The fourth-order valence-corrected chi connectivity index (χ4v) is 5.03. The maximum absolute atomic E-state index is 12.7. The van der Waals surface area contributed by atoms with Crippen LogP contribution in [0.25, 0.3) is 0 Å². The molecular formula is C22H28ClIN4O2. The Bertz CT molecular complexity index is 829. The summed E-state index contributed by atoms with van der Waals surface area (Å²) in [6.07, 6.45) is 5.95. The second kappa shape index (κ2) is 10.1. The maximum atomic E-state index is 12.7. The van der Waals surface area contributed by atoms with Crippen LogP contribution >= 0.6 is 35.6 Å². The number of carbonyl (C=O) groups is 2. The Morgan fingerprint density at radius 1 is 1.13 bits per heavy atom. The first-order valence-corrected chi connectivity index (χ1v) is 10.8. The number of imide groups is 1. The molecule has 0 aromatic heterocycles. The van der Waals surface area contributed by atoms with Gasteiger partial charge < -0.3 is 10.6 Å². The van der Waals surface area contributed by atoms with E-state index in [1.807, 2.05) is 31.2 Å². The van der Waals surface area contributed by atoms with Crippen molar-refractivity contribution in [2.45, 2.75) is 19.8 Å². The third kappa shape index (κ3) is 4.51. The second-order valence-electron chi connectivity index (χ2n) is 7.86. The van der Waals surface area contributed by atoms with E-state index in [9.17, 15) is 9.59 Å². The van der Waals surface area contributed by atoms with E-state index in [2.05, 4.69) is 27.8 Å². The molecule has 0 spiro atoms. The maximum Gasteiger partial charge on any atom is 0.233 e. The van der Waals surface area contributed by atoms with E-state index < -0.39 is 0 Å². The Morgan fingerprint density at radius 2 is 1.80 bits per heavy atom. The molecule has 1 aliphatic heterocycles. The van der Waals surface area contributed by atoms with Crippen LogP contribution in [0.15, 0.2) is 41.4 Å². The molecule has 1 aromatic carbocycles. The third-order valence-electron chi connectivity index (χ3n) is 6.14. The fraction of sp³-hybridized carbons (Fsp3) is 0.500. The number of hydrogen-bond donors (Lipinski definition) is 2. The van der Waals surface area contributed by atoms with Crippen LogP contribution < -0.4 is 10.6 Å². The molecule has 2 aliphatic carbocycles. The molecule has 0 radical (unpaired) electrons. The number of nitrogens with zero attached hydrogens (tertiary/aromatic N) is 2. The number of rotatable bonds is 7. The molecule has 2 fully saturated rings. The number of nitrogens with one attached hydrogen (secondary N) is 2. The monoisotopic (exact) mass is 542 g/mol. The minimum atomic E-state index is -0.130. The first-order valence-electron chi connectivity index (χ1n) is 10.4. The molecule has 8 heteroatoms. The van der Waals surface area contributed by atoms with Gasteiger partial charge in [0.05, 0.1) is 11.8 Å². The van der Waals surface area contributed by atoms with Crippen molar-refractivity contribution in [3.05, 3.63) is 47.0 Å². The molecule has 2 N–H and O–H groups in total. The summed E-state index contributed by atoms with van der Waals surface area (Å²) in [5.74, 6) is 0.926. The van der Waals surface area contributed by atoms with Gasteiger partial charge in [0.1, 0.15) is 0 Å². The van der Waals surface area contributed by atoms with Crippen LogP contribution in [0.1, 0.15) is 18.9 Å². The molecule has 2 bridgehead atoms. The normalized spacial score (nSPS) is 26.7. The van der Waals surface area contributed by atoms with Gasteiger partial charge in [-0.15, -0.1) is 24.0 Å². The predicted molar refractivity (Wildman–Crippen MR) is 129 cm³/mol. The highest BCUT2D eigenvalue weighted by Gasteiger charge is 2.58. The number of allylic oxidation sites excluding steroid dienone is 2. The van der Waals surface area contributed by atoms with Crippen LogP contribution in [0, 0.1) is 23.7 Å². The lowest BCUT2D eigenvalue weighted by molar-refractivity contribution is -0.140. The second-order valence-corrected chi connectivity index (χ2v) is 8.26. The number of benzene rings is 1. The number of hydrogen-bond acceptors (Lipinski definition) is 3. The van der Waals surface area contributed by atoms with Gasteiger partial charge in [-0.2, -0.15) is 0 Å². The third-order valence-corrected chi connectivity index (χ3v) is 6.51. The highest BCUT2D eigenvalue weighted by molar-refractivity contribution is 14.0. The summed E-state index contributed by atoms with van der Waals surface area (Å²) in [6.45, 7) is 4.19. The van der Waals surface area contributed by atoms with Gasteiger partial charge in [0.25, 0.3) is 0 Å². The fourth-order valence-electron chi connectivity index (χ4n) is 4.80. The largest absolute Gasteiger partial charge is 0.357 e. The first kappa shape index (κ1) is 23.1. The zero-order valence-corrected chi connectivity index (χ0v) is 20.1. The molecule has 1 saturated heterocycles. The van der Waals surface area contributed by atoms with Crippen LogP contribution in [0.2, 0.25) is 5.02 Å². The van der Waals surface area contributed by atoms with Crippen molar-refractivity contribution in [3.63, 3.8) is 0 Å².